The maximum Gasteiger partial charge on any atom is 0.316 e. The Bertz CT molecular complexity index is 1070. The number of allylic oxidation sites excluding steroid dienone is 1. The lowest BCUT2D eigenvalue weighted by Gasteiger charge is -2.58. The van der Waals surface area contributed by atoms with Gasteiger partial charge < -0.3 is 21.5 Å². The highest BCUT2D eigenvalue weighted by atomic mass is 32.2. The van der Waals surface area contributed by atoms with Gasteiger partial charge in [0, 0.05) is 17.9 Å². The highest BCUT2D eigenvalue weighted by Gasteiger charge is 2.59. The smallest absolute Gasteiger partial charge is 0.316 e. The molecule has 250 valence electrons. The summed E-state index contributed by atoms with van der Waals surface area (Å²) in [5.41, 5.74) is 13.3. The molecule has 0 bridgehead atoms. The first kappa shape index (κ1) is 35.7. The zero-order valence-electron chi connectivity index (χ0n) is 27.8. The molecule has 0 aromatic rings. The Kier molecular flexibility index (Phi) is 12.3. The summed E-state index contributed by atoms with van der Waals surface area (Å²) in [4.78, 5) is 36.6. The van der Waals surface area contributed by atoms with Crippen LogP contribution in [0.1, 0.15) is 105 Å². The maximum atomic E-state index is 12.8. The van der Waals surface area contributed by atoms with E-state index in [9.17, 15) is 14.4 Å². The second-order valence-electron chi connectivity index (χ2n) is 15.4. The van der Waals surface area contributed by atoms with Gasteiger partial charge in [0.1, 0.15) is 12.1 Å². The Balaban J connectivity index is 1.29. The molecule has 0 aromatic carbocycles. The molecular formula is C35H59N3O4S2. The number of hydrogen-bond donors (Lipinski definition) is 4. The summed E-state index contributed by atoms with van der Waals surface area (Å²) in [6.07, 6.45) is 16.0. The van der Waals surface area contributed by atoms with Crippen molar-refractivity contribution in [1.82, 2.24) is 5.32 Å². The summed E-state index contributed by atoms with van der Waals surface area (Å²) in [5, 5.41) is 2.55. The number of hydrogen-bond acceptors (Lipinski definition) is 7. The lowest BCUT2D eigenvalue weighted by Crippen LogP contribution is -2.52. The number of nitrogens with two attached hydrogens (primary N) is 2. The fraction of sp³-hybridized carbons (Fsp3) is 0.857. The van der Waals surface area contributed by atoms with Crippen LogP contribution >= 0.6 is 24.4 Å². The molecule has 7 nitrogen and oxygen atoms in total. The van der Waals surface area contributed by atoms with Crippen LogP contribution in [-0.2, 0) is 19.1 Å². The monoisotopic (exact) mass is 649 g/mol. The largest absolute Gasteiger partial charge is 0.461 e. The Labute approximate surface area is 276 Å². The van der Waals surface area contributed by atoms with Crippen molar-refractivity contribution in [2.24, 2.45) is 57.8 Å². The van der Waals surface area contributed by atoms with Crippen LogP contribution in [0.15, 0.2) is 11.6 Å². The van der Waals surface area contributed by atoms with Crippen LogP contribution in [-0.4, -0.2) is 53.2 Å². The van der Waals surface area contributed by atoms with Crippen LogP contribution in [0.5, 0.6) is 0 Å². The zero-order valence-corrected chi connectivity index (χ0v) is 29.5. The number of carbonyl (C=O) groups is 3. The van der Waals surface area contributed by atoms with Gasteiger partial charge in [0.15, 0.2) is 0 Å². The molecule has 0 spiro atoms. The summed E-state index contributed by atoms with van der Waals surface area (Å²) in [6.45, 7) is 12.4. The lowest BCUT2D eigenvalue weighted by atomic mass is 9.47. The van der Waals surface area contributed by atoms with E-state index < -0.39 is 23.9 Å². The molecule has 3 fully saturated rings. The molecule has 10 atom stereocenters. The Morgan fingerprint density at radius 3 is 2.52 bits per heavy atom. The average molecular weight is 650 g/mol. The number of ether oxygens (including phenoxy) is 1. The van der Waals surface area contributed by atoms with E-state index in [1.165, 1.54) is 68.7 Å². The van der Waals surface area contributed by atoms with E-state index >= 15 is 0 Å². The Morgan fingerprint density at radius 1 is 1.09 bits per heavy atom. The van der Waals surface area contributed by atoms with Crippen molar-refractivity contribution < 1.29 is 19.1 Å². The molecule has 9 heteroatoms. The fourth-order valence-electron chi connectivity index (χ4n) is 9.79. The van der Waals surface area contributed by atoms with E-state index in [0.29, 0.717) is 5.41 Å². The standard InChI is InChI=1S/C35H59N3O4S2/c1-21(2)7-6-8-22(3)26-11-12-27-25-10-9-23-17-24(13-15-34(23,4)28(25)14-16-35(26,27)5)42-31(39)20-44-19-30(32(37)40)38-33(41)29(36)18-43/h9,21-22,24-30,43H,6-8,10-20,36H2,1-5H3,(H2,37,40)(H,38,41)/t22-,24?,25?,26-,27?,28?,29+,30+,34+,35-/m1/s1. The predicted octanol–water partition coefficient (Wildman–Crippen LogP) is 5.90. The zero-order chi connectivity index (χ0) is 32.2. The van der Waals surface area contributed by atoms with Gasteiger partial charge in [-0.25, -0.2) is 0 Å². The number of fused-ring (bicyclic) bond motifs is 5. The number of thiol groups is 1. The average Bonchev–Trinajstić information content (AvgIpc) is 3.33. The van der Waals surface area contributed by atoms with E-state index in [0.717, 1.165) is 54.8 Å². The first-order chi connectivity index (χ1) is 20.8. The number of nitrogens with one attached hydrogen (secondary N) is 1. The van der Waals surface area contributed by atoms with Crippen LogP contribution in [0.3, 0.4) is 0 Å². The molecule has 44 heavy (non-hydrogen) atoms. The fourth-order valence-corrected chi connectivity index (χ4v) is 10.8. The van der Waals surface area contributed by atoms with Crippen molar-refractivity contribution in [2.45, 2.75) is 123 Å². The molecule has 0 heterocycles. The quantitative estimate of drug-likeness (QED) is 0.106. The number of thioether (sulfide) groups is 1. The Hall–Kier alpha value is -1.19. The summed E-state index contributed by atoms with van der Waals surface area (Å²) in [6, 6.07) is -1.72. The molecule has 4 rings (SSSR count). The molecule has 0 radical (unpaired) electrons. The molecule has 5 N–H and O–H groups in total. The van der Waals surface area contributed by atoms with Crippen molar-refractivity contribution in [1.29, 1.82) is 0 Å². The van der Waals surface area contributed by atoms with E-state index in [1.54, 1.807) is 0 Å². The first-order valence-corrected chi connectivity index (χ1v) is 19.0. The molecule has 0 aliphatic heterocycles. The minimum Gasteiger partial charge on any atom is -0.461 e. The van der Waals surface area contributed by atoms with Gasteiger partial charge in [-0.05, 0) is 91.3 Å². The topological polar surface area (TPSA) is 125 Å². The minimum absolute atomic E-state index is 0.101. The lowest BCUT2D eigenvalue weighted by molar-refractivity contribution is -0.148. The summed E-state index contributed by atoms with van der Waals surface area (Å²) < 4.78 is 5.94. The predicted molar refractivity (Wildman–Crippen MR) is 183 cm³/mol. The van der Waals surface area contributed by atoms with Gasteiger partial charge in [-0.15, -0.1) is 11.8 Å². The Morgan fingerprint density at radius 2 is 1.84 bits per heavy atom. The number of primary amides is 1. The molecule has 0 aromatic heterocycles. The number of amides is 2. The molecule has 3 saturated carbocycles. The molecule has 4 aliphatic rings. The molecule has 0 saturated heterocycles. The third-order valence-corrected chi connectivity index (χ3v) is 13.7. The van der Waals surface area contributed by atoms with E-state index in [4.69, 9.17) is 16.2 Å². The van der Waals surface area contributed by atoms with Gasteiger partial charge in [0.25, 0.3) is 0 Å². The summed E-state index contributed by atoms with van der Waals surface area (Å²) in [7, 11) is 0. The van der Waals surface area contributed by atoms with Crippen molar-refractivity contribution >= 4 is 42.2 Å². The van der Waals surface area contributed by atoms with Gasteiger partial charge >= 0.3 is 5.97 Å². The SMILES string of the molecule is CC(C)CCC[C@@H](C)[C@H]1CCC2C3CC=C4CC(OC(=O)CSC[C@H](NC(=O)[C@@H](N)CS)C(N)=O)CC[C@]4(C)C3CC[C@@]21C. The number of rotatable bonds is 14. The van der Waals surface area contributed by atoms with Crippen LogP contribution in [0, 0.1) is 46.3 Å². The first-order valence-electron chi connectivity index (χ1n) is 17.2. The number of esters is 1. The highest BCUT2D eigenvalue weighted by Crippen LogP contribution is 2.67. The van der Waals surface area contributed by atoms with Gasteiger partial charge in [0.2, 0.25) is 11.8 Å². The summed E-state index contributed by atoms with van der Waals surface area (Å²) >= 11 is 5.25. The second kappa shape index (κ2) is 15.1. The van der Waals surface area contributed by atoms with Crippen molar-refractivity contribution in [3.8, 4) is 0 Å². The highest BCUT2D eigenvalue weighted by molar-refractivity contribution is 8.00. The van der Waals surface area contributed by atoms with Crippen LogP contribution in [0.4, 0.5) is 0 Å². The normalized spacial score (nSPS) is 35.0. The second-order valence-corrected chi connectivity index (χ2v) is 16.8. The van der Waals surface area contributed by atoms with Crippen LogP contribution in [0.2, 0.25) is 0 Å². The number of carbonyl (C=O) groups excluding carboxylic acids is 3. The van der Waals surface area contributed by atoms with Crippen molar-refractivity contribution in [3.05, 3.63) is 11.6 Å². The van der Waals surface area contributed by atoms with Crippen LogP contribution in [0.25, 0.3) is 0 Å². The maximum absolute atomic E-state index is 12.8. The third kappa shape index (κ3) is 7.84. The van der Waals surface area contributed by atoms with Gasteiger partial charge in [-0.2, -0.15) is 12.6 Å². The molecule has 2 amide bonds. The van der Waals surface area contributed by atoms with Gasteiger partial charge in [-0.1, -0.05) is 65.5 Å². The van der Waals surface area contributed by atoms with Gasteiger partial charge in [0.05, 0.1) is 11.8 Å². The molecule has 4 unspecified atom stereocenters. The van der Waals surface area contributed by atoms with Crippen LogP contribution < -0.4 is 16.8 Å². The van der Waals surface area contributed by atoms with Crippen molar-refractivity contribution in [3.63, 3.8) is 0 Å². The molecular weight excluding hydrogens is 591 g/mol. The summed E-state index contributed by atoms with van der Waals surface area (Å²) in [5.74, 6) is 3.87. The molecule has 4 aliphatic carbocycles. The minimum atomic E-state index is -0.900. The third-order valence-electron chi connectivity index (χ3n) is 12.3. The van der Waals surface area contributed by atoms with E-state index in [1.807, 2.05) is 0 Å². The van der Waals surface area contributed by atoms with E-state index in [2.05, 4.69) is 58.6 Å². The van der Waals surface area contributed by atoms with E-state index in [-0.39, 0.29) is 34.7 Å². The van der Waals surface area contributed by atoms with Crippen molar-refractivity contribution in [2.75, 3.05) is 17.3 Å². The van der Waals surface area contributed by atoms with Gasteiger partial charge in [-0.3, -0.25) is 14.4 Å².